The van der Waals surface area contributed by atoms with Crippen LogP contribution in [-0.2, 0) is 14.6 Å². The molecular formula is C17H13BrFN3O4S. The zero-order chi connectivity index (χ0) is 19.4. The van der Waals surface area contributed by atoms with Crippen LogP contribution in [0.15, 0.2) is 62.3 Å². The average molecular weight is 454 g/mol. The van der Waals surface area contributed by atoms with E-state index in [1.165, 1.54) is 0 Å². The number of hydrogen-bond donors (Lipinski definition) is 1. The van der Waals surface area contributed by atoms with E-state index < -0.39 is 27.3 Å². The van der Waals surface area contributed by atoms with Crippen LogP contribution in [0.4, 0.5) is 10.4 Å². The number of carbonyl (C=O) groups is 1. The summed E-state index contributed by atoms with van der Waals surface area (Å²) in [5.41, 5.74) is 0.671. The molecule has 0 saturated carbocycles. The molecule has 1 N–H and O–H groups in total. The third kappa shape index (κ3) is 4.98. The summed E-state index contributed by atoms with van der Waals surface area (Å²) in [4.78, 5) is 11.9. The molecule has 1 aromatic heterocycles. The highest BCUT2D eigenvalue weighted by atomic mass is 79.9. The first kappa shape index (κ1) is 19.2. The van der Waals surface area contributed by atoms with E-state index in [0.29, 0.717) is 5.56 Å². The van der Waals surface area contributed by atoms with Crippen LogP contribution >= 0.6 is 15.9 Å². The second-order valence-electron chi connectivity index (χ2n) is 5.49. The number of amides is 1. The fraction of sp³-hybridized carbons (Fsp3) is 0.118. The Labute approximate surface area is 162 Å². The summed E-state index contributed by atoms with van der Waals surface area (Å²) in [6.45, 7) is 0. The molecule has 0 unspecified atom stereocenters. The maximum Gasteiger partial charge on any atom is 0.322 e. The molecule has 2 aromatic carbocycles. The monoisotopic (exact) mass is 453 g/mol. The fourth-order valence-electron chi connectivity index (χ4n) is 2.15. The highest BCUT2D eigenvalue weighted by Gasteiger charge is 2.18. The van der Waals surface area contributed by atoms with Crippen LogP contribution in [-0.4, -0.2) is 30.3 Å². The summed E-state index contributed by atoms with van der Waals surface area (Å²) in [5.74, 6) is -1.34. The van der Waals surface area contributed by atoms with Crippen molar-refractivity contribution in [1.29, 1.82) is 0 Å². The Balaban J connectivity index is 1.59. The van der Waals surface area contributed by atoms with Gasteiger partial charge in [-0.15, -0.1) is 5.10 Å². The summed E-state index contributed by atoms with van der Waals surface area (Å²) in [6.07, 6.45) is -0.310. The molecule has 0 bridgehead atoms. The molecule has 3 aromatic rings. The minimum atomic E-state index is -3.70. The van der Waals surface area contributed by atoms with Crippen LogP contribution < -0.4 is 5.32 Å². The lowest BCUT2D eigenvalue weighted by Gasteiger charge is -2.04. The second-order valence-corrected chi connectivity index (χ2v) is 8.52. The van der Waals surface area contributed by atoms with Gasteiger partial charge in [-0.3, -0.25) is 10.1 Å². The standard InChI is InChI=1S/C17H13BrFN3O4S/c18-12-3-1-11(2-4-12)16-21-22-17(26-16)20-15(23)9-10-27(24,25)14-7-5-13(19)6-8-14/h1-8H,9-10H2,(H,20,22,23). The van der Waals surface area contributed by atoms with E-state index in [1.807, 2.05) is 0 Å². The molecule has 0 fully saturated rings. The maximum atomic E-state index is 12.9. The van der Waals surface area contributed by atoms with Crippen molar-refractivity contribution in [2.45, 2.75) is 11.3 Å². The summed E-state index contributed by atoms with van der Waals surface area (Å²) >= 11 is 3.32. The van der Waals surface area contributed by atoms with Crippen LogP contribution in [0.5, 0.6) is 0 Å². The third-order valence-electron chi connectivity index (χ3n) is 3.53. The minimum Gasteiger partial charge on any atom is -0.403 e. The first-order valence-corrected chi connectivity index (χ1v) is 10.2. The largest absolute Gasteiger partial charge is 0.403 e. The molecule has 10 heteroatoms. The van der Waals surface area contributed by atoms with Gasteiger partial charge in [-0.1, -0.05) is 21.0 Å². The van der Waals surface area contributed by atoms with Crippen LogP contribution in [0.25, 0.3) is 11.5 Å². The van der Waals surface area contributed by atoms with Gasteiger partial charge in [-0.05, 0) is 48.5 Å². The Morgan fingerprint density at radius 3 is 2.41 bits per heavy atom. The van der Waals surface area contributed by atoms with Crippen molar-refractivity contribution in [2.24, 2.45) is 0 Å². The summed E-state index contributed by atoms with van der Waals surface area (Å²) in [5, 5.41) is 9.91. The zero-order valence-corrected chi connectivity index (χ0v) is 16.1. The van der Waals surface area contributed by atoms with E-state index in [0.717, 1.165) is 28.7 Å². The molecule has 0 spiro atoms. The number of nitrogens with one attached hydrogen (secondary N) is 1. The average Bonchev–Trinajstić information content (AvgIpc) is 3.09. The smallest absolute Gasteiger partial charge is 0.322 e. The fourth-order valence-corrected chi connectivity index (χ4v) is 3.66. The van der Waals surface area contributed by atoms with Crippen molar-refractivity contribution < 1.29 is 22.0 Å². The molecule has 7 nitrogen and oxygen atoms in total. The van der Waals surface area contributed by atoms with Gasteiger partial charge in [0.15, 0.2) is 9.84 Å². The van der Waals surface area contributed by atoms with E-state index in [9.17, 15) is 17.6 Å². The Bertz CT molecular complexity index is 1050. The highest BCUT2D eigenvalue weighted by molar-refractivity contribution is 9.10. The van der Waals surface area contributed by atoms with Crippen molar-refractivity contribution in [1.82, 2.24) is 10.2 Å². The second kappa shape index (κ2) is 7.97. The third-order valence-corrected chi connectivity index (χ3v) is 5.79. The highest BCUT2D eigenvalue weighted by Crippen LogP contribution is 2.22. The van der Waals surface area contributed by atoms with Crippen LogP contribution in [0.2, 0.25) is 0 Å². The molecule has 0 radical (unpaired) electrons. The van der Waals surface area contributed by atoms with Crippen molar-refractivity contribution in [3.8, 4) is 11.5 Å². The van der Waals surface area contributed by atoms with Gasteiger partial charge in [-0.2, -0.15) is 0 Å². The number of rotatable bonds is 6. The van der Waals surface area contributed by atoms with Gasteiger partial charge >= 0.3 is 6.01 Å². The lowest BCUT2D eigenvalue weighted by atomic mass is 10.2. The van der Waals surface area contributed by atoms with E-state index in [-0.39, 0.29) is 23.2 Å². The minimum absolute atomic E-state index is 0.0491. The van der Waals surface area contributed by atoms with Crippen LogP contribution in [0.1, 0.15) is 6.42 Å². The summed E-state index contributed by atoms with van der Waals surface area (Å²) in [7, 11) is -3.70. The van der Waals surface area contributed by atoms with E-state index >= 15 is 0 Å². The molecule has 1 amide bonds. The number of aromatic nitrogens is 2. The van der Waals surface area contributed by atoms with Crippen LogP contribution in [0, 0.1) is 5.82 Å². The molecule has 0 saturated heterocycles. The first-order valence-electron chi connectivity index (χ1n) is 7.71. The summed E-state index contributed by atoms with van der Waals surface area (Å²) in [6, 6.07) is 11.4. The van der Waals surface area contributed by atoms with Gasteiger partial charge in [0.1, 0.15) is 5.82 Å². The number of carbonyl (C=O) groups excluding carboxylic acids is 1. The van der Waals surface area contributed by atoms with Crippen molar-refractivity contribution in [3.05, 3.63) is 58.8 Å². The topological polar surface area (TPSA) is 102 Å². The van der Waals surface area contributed by atoms with E-state index in [4.69, 9.17) is 4.42 Å². The normalized spacial score (nSPS) is 11.3. The molecule has 27 heavy (non-hydrogen) atoms. The molecule has 0 atom stereocenters. The number of halogens is 2. The molecule has 140 valence electrons. The number of hydrogen-bond acceptors (Lipinski definition) is 6. The van der Waals surface area contributed by atoms with Gasteiger partial charge in [-0.25, -0.2) is 12.8 Å². The molecular weight excluding hydrogens is 441 g/mol. The lowest BCUT2D eigenvalue weighted by Crippen LogP contribution is -2.17. The molecule has 3 rings (SSSR count). The number of nitrogens with zero attached hydrogens (tertiary/aromatic N) is 2. The van der Waals surface area contributed by atoms with Gasteiger partial charge in [0.25, 0.3) is 0 Å². The van der Waals surface area contributed by atoms with Gasteiger partial charge in [0.05, 0.1) is 10.6 Å². The van der Waals surface area contributed by atoms with Gasteiger partial charge in [0, 0.05) is 16.5 Å². The predicted molar refractivity (Wildman–Crippen MR) is 99.1 cm³/mol. The number of sulfone groups is 1. The van der Waals surface area contributed by atoms with E-state index in [2.05, 4.69) is 31.4 Å². The molecule has 0 aliphatic heterocycles. The SMILES string of the molecule is O=C(CCS(=O)(=O)c1ccc(F)cc1)Nc1nnc(-c2ccc(Br)cc2)o1. The maximum absolute atomic E-state index is 12.9. The van der Waals surface area contributed by atoms with Crippen molar-refractivity contribution in [3.63, 3.8) is 0 Å². The Hall–Kier alpha value is -2.59. The lowest BCUT2D eigenvalue weighted by molar-refractivity contribution is -0.115. The first-order chi connectivity index (χ1) is 12.8. The van der Waals surface area contributed by atoms with Gasteiger partial charge in [0.2, 0.25) is 11.8 Å². The Kier molecular flexibility index (Phi) is 5.66. The predicted octanol–water partition coefficient (Wildman–Crippen LogP) is 3.44. The van der Waals surface area contributed by atoms with Crippen molar-refractivity contribution in [2.75, 3.05) is 11.1 Å². The Morgan fingerprint density at radius 1 is 1.07 bits per heavy atom. The van der Waals surface area contributed by atoms with Gasteiger partial charge < -0.3 is 4.42 Å². The summed E-state index contributed by atoms with van der Waals surface area (Å²) < 4.78 is 43.4. The van der Waals surface area contributed by atoms with Crippen LogP contribution in [0.3, 0.4) is 0 Å². The molecule has 0 aliphatic carbocycles. The van der Waals surface area contributed by atoms with E-state index in [1.54, 1.807) is 24.3 Å². The Morgan fingerprint density at radius 2 is 1.74 bits per heavy atom. The van der Waals surface area contributed by atoms with Crippen molar-refractivity contribution >= 4 is 37.7 Å². The number of anilines is 1. The molecule has 0 aliphatic rings. The zero-order valence-electron chi connectivity index (χ0n) is 13.7. The quantitative estimate of drug-likeness (QED) is 0.573. The molecule has 1 heterocycles. The number of benzene rings is 2.